The second-order valence-corrected chi connectivity index (χ2v) is 6.14. The van der Waals surface area contributed by atoms with Crippen molar-refractivity contribution < 1.29 is 9.53 Å². The van der Waals surface area contributed by atoms with Gasteiger partial charge in [0.2, 0.25) is 0 Å². The van der Waals surface area contributed by atoms with Crippen LogP contribution >= 0.6 is 0 Å². The van der Waals surface area contributed by atoms with Crippen LogP contribution < -0.4 is 5.56 Å². The van der Waals surface area contributed by atoms with Crippen molar-refractivity contribution in [1.29, 1.82) is 0 Å². The van der Waals surface area contributed by atoms with E-state index in [9.17, 15) is 9.59 Å². The van der Waals surface area contributed by atoms with Gasteiger partial charge < -0.3 is 9.72 Å². The Kier molecular flexibility index (Phi) is 3.24. The number of carbonyl (C=O) groups is 1. The number of nitrogens with one attached hydrogen (secondary N) is 1. The van der Waals surface area contributed by atoms with Gasteiger partial charge in [-0.25, -0.2) is 14.8 Å². The highest BCUT2D eigenvalue weighted by molar-refractivity contribution is 6.11. The van der Waals surface area contributed by atoms with Crippen LogP contribution in [-0.2, 0) is 4.74 Å². The minimum atomic E-state index is -0.541. The quantitative estimate of drug-likeness (QED) is 0.490. The summed E-state index contributed by atoms with van der Waals surface area (Å²) >= 11 is 0. The van der Waals surface area contributed by atoms with Crippen molar-refractivity contribution in [3.63, 3.8) is 0 Å². The Morgan fingerprint density at radius 1 is 1.07 bits per heavy atom. The van der Waals surface area contributed by atoms with Crippen LogP contribution in [0.2, 0.25) is 0 Å². The summed E-state index contributed by atoms with van der Waals surface area (Å²) in [6, 6.07) is 14.6. The molecule has 132 valence electrons. The Bertz CT molecular complexity index is 1430. The predicted molar refractivity (Wildman–Crippen MR) is 102 cm³/mol. The van der Waals surface area contributed by atoms with E-state index < -0.39 is 5.97 Å². The first kappa shape index (κ1) is 15.5. The first-order valence-corrected chi connectivity index (χ1v) is 8.58. The third-order valence-corrected chi connectivity index (χ3v) is 4.56. The van der Waals surface area contributed by atoms with Crippen molar-refractivity contribution in [2.75, 3.05) is 6.61 Å². The largest absolute Gasteiger partial charge is 0.462 e. The smallest absolute Gasteiger partial charge is 0.344 e. The van der Waals surface area contributed by atoms with Crippen molar-refractivity contribution in [1.82, 2.24) is 19.4 Å². The van der Waals surface area contributed by atoms with Crippen molar-refractivity contribution in [2.24, 2.45) is 0 Å². The molecule has 7 nitrogen and oxygen atoms in total. The number of hydrogen-bond acceptors (Lipinski definition) is 5. The van der Waals surface area contributed by atoms with Gasteiger partial charge in [0.05, 0.1) is 28.5 Å². The fourth-order valence-electron chi connectivity index (χ4n) is 3.43. The van der Waals surface area contributed by atoms with E-state index in [1.807, 2.05) is 36.4 Å². The summed E-state index contributed by atoms with van der Waals surface area (Å²) in [5.41, 5.74) is 3.19. The highest BCUT2D eigenvalue weighted by Gasteiger charge is 2.24. The average molecular weight is 358 g/mol. The van der Waals surface area contributed by atoms with E-state index in [0.717, 1.165) is 0 Å². The number of H-pyrrole nitrogens is 1. The molecule has 0 atom stereocenters. The number of carbonyl (C=O) groups excluding carboxylic acids is 1. The van der Waals surface area contributed by atoms with Crippen molar-refractivity contribution in [3.8, 4) is 0 Å². The molecule has 2 aromatic carbocycles. The summed E-state index contributed by atoms with van der Waals surface area (Å²) < 4.78 is 6.99. The lowest BCUT2D eigenvalue weighted by molar-refractivity contribution is 0.0530. The molecule has 0 unspecified atom stereocenters. The number of rotatable bonds is 2. The lowest BCUT2D eigenvalue weighted by atomic mass is 10.2. The van der Waals surface area contributed by atoms with Gasteiger partial charge in [0, 0.05) is 0 Å². The Balaban J connectivity index is 2.08. The van der Waals surface area contributed by atoms with E-state index in [-0.39, 0.29) is 17.7 Å². The lowest BCUT2D eigenvalue weighted by Gasteiger charge is -2.04. The summed E-state index contributed by atoms with van der Waals surface area (Å²) in [6.45, 7) is 1.95. The molecule has 0 amide bonds. The van der Waals surface area contributed by atoms with Gasteiger partial charge in [-0.3, -0.25) is 9.20 Å². The van der Waals surface area contributed by atoms with Crippen LogP contribution in [0.4, 0.5) is 0 Å². The van der Waals surface area contributed by atoms with E-state index >= 15 is 0 Å². The number of aromatic amines is 1. The number of hydrogen-bond donors (Lipinski definition) is 1. The zero-order valence-corrected chi connectivity index (χ0v) is 14.4. The van der Waals surface area contributed by atoms with Gasteiger partial charge in [-0.1, -0.05) is 24.3 Å². The molecule has 0 saturated carbocycles. The first-order valence-electron chi connectivity index (χ1n) is 8.58. The predicted octanol–water partition coefficient (Wildman–Crippen LogP) is 3.05. The molecule has 0 fully saturated rings. The standard InChI is InChI=1S/C20H14N4O3/c1-2-27-20(26)15-16-18(22-13-9-5-4-8-12(13)21-16)24-14-10-6-3-7-11(14)19(25)23-17(15)24/h3-10H,2H2,1H3,(H,23,25). The van der Waals surface area contributed by atoms with Crippen LogP contribution in [-0.4, -0.2) is 31.9 Å². The molecule has 0 bridgehead atoms. The Labute approximate surface area is 152 Å². The number of ether oxygens (including phenoxy) is 1. The molecule has 27 heavy (non-hydrogen) atoms. The van der Waals surface area contributed by atoms with Gasteiger partial charge in [-0.05, 0) is 31.2 Å². The summed E-state index contributed by atoms with van der Waals surface area (Å²) in [5.74, 6) is -0.541. The molecule has 0 radical (unpaired) electrons. The first-order chi connectivity index (χ1) is 13.2. The Hall–Kier alpha value is -3.74. The Morgan fingerprint density at radius 2 is 1.78 bits per heavy atom. The van der Waals surface area contributed by atoms with Gasteiger partial charge in [-0.2, -0.15) is 0 Å². The third kappa shape index (κ3) is 2.15. The van der Waals surface area contributed by atoms with E-state index in [4.69, 9.17) is 9.72 Å². The molecular weight excluding hydrogens is 344 g/mol. The maximum absolute atomic E-state index is 12.7. The summed E-state index contributed by atoms with van der Waals surface area (Å²) in [7, 11) is 0. The zero-order chi connectivity index (χ0) is 18.5. The second-order valence-electron chi connectivity index (χ2n) is 6.14. The molecule has 0 aliphatic heterocycles. The van der Waals surface area contributed by atoms with Crippen LogP contribution in [0.1, 0.15) is 17.3 Å². The number of para-hydroxylation sites is 3. The second kappa shape index (κ2) is 5.63. The molecule has 0 spiro atoms. The average Bonchev–Trinajstić information content (AvgIpc) is 2.99. The third-order valence-electron chi connectivity index (χ3n) is 4.56. The molecule has 0 aliphatic rings. The number of benzene rings is 2. The van der Waals surface area contributed by atoms with E-state index in [2.05, 4.69) is 9.97 Å². The van der Waals surface area contributed by atoms with Crippen LogP contribution in [0.25, 0.3) is 38.7 Å². The maximum atomic E-state index is 12.7. The van der Waals surface area contributed by atoms with Crippen LogP contribution in [0, 0.1) is 0 Å². The minimum absolute atomic E-state index is 0.216. The summed E-state index contributed by atoms with van der Waals surface area (Å²) in [5, 5.41) is 0.507. The minimum Gasteiger partial charge on any atom is -0.462 e. The van der Waals surface area contributed by atoms with Crippen LogP contribution in [0.5, 0.6) is 0 Å². The van der Waals surface area contributed by atoms with Gasteiger partial charge in [-0.15, -0.1) is 0 Å². The fourth-order valence-corrected chi connectivity index (χ4v) is 3.43. The van der Waals surface area contributed by atoms with E-state index in [0.29, 0.717) is 38.7 Å². The molecular formula is C20H14N4O3. The molecule has 3 aromatic heterocycles. The van der Waals surface area contributed by atoms with Crippen molar-refractivity contribution in [2.45, 2.75) is 6.92 Å². The summed E-state index contributed by atoms with van der Waals surface area (Å²) in [4.78, 5) is 37.4. The molecule has 1 N–H and O–H groups in total. The highest BCUT2D eigenvalue weighted by atomic mass is 16.5. The number of nitrogens with zero attached hydrogens (tertiary/aromatic N) is 3. The number of esters is 1. The SMILES string of the molecule is CCOC(=O)c1c2nc3ccccc3nc2n2c1[nH]c(=O)c1ccccc12. The molecule has 3 heterocycles. The van der Waals surface area contributed by atoms with Crippen LogP contribution in [0.3, 0.4) is 0 Å². The van der Waals surface area contributed by atoms with E-state index in [1.165, 1.54) is 0 Å². The lowest BCUT2D eigenvalue weighted by Crippen LogP contribution is -2.12. The molecule has 0 aliphatic carbocycles. The highest BCUT2D eigenvalue weighted by Crippen LogP contribution is 2.28. The Morgan fingerprint density at radius 3 is 2.56 bits per heavy atom. The number of fused-ring (bicyclic) bond motifs is 6. The monoisotopic (exact) mass is 358 g/mol. The van der Waals surface area contributed by atoms with E-state index in [1.54, 1.807) is 23.5 Å². The normalized spacial score (nSPS) is 11.6. The molecule has 5 rings (SSSR count). The van der Waals surface area contributed by atoms with Crippen molar-refractivity contribution in [3.05, 3.63) is 64.4 Å². The van der Waals surface area contributed by atoms with Crippen LogP contribution in [0.15, 0.2) is 53.3 Å². The molecule has 5 aromatic rings. The maximum Gasteiger partial charge on any atom is 0.344 e. The van der Waals surface area contributed by atoms with Gasteiger partial charge in [0.1, 0.15) is 16.7 Å². The summed E-state index contributed by atoms with van der Waals surface area (Å²) in [6.07, 6.45) is 0. The topological polar surface area (TPSA) is 89.3 Å². The van der Waals surface area contributed by atoms with Gasteiger partial charge in [0.25, 0.3) is 5.56 Å². The number of aromatic nitrogens is 4. The molecule has 0 saturated heterocycles. The molecule has 7 heteroatoms. The fraction of sp³-hybridized carbons (Fsp3) is 0.100. The van der Waals surface area contributed by atoms with Crippen molar-refractivity contribution >= 4 is 44.7 Å². The van der Waals surface area contributed by atoms with Gasteiger partial charge >= 0.3 is 5.97 Å². The van der Waals surface area contributed by atoms with Gasteiger partial charge in [0.15, 0.2) is 5.65 Å². The zero-order valence-electron chi connectivity index (χ0n) is 14.4.